The second-order valence-corrected chi connectivity index (χ2v) is 9.02. The molecule has 2 aromatic heterocycles. The fraction of sp³-hybridized carbons (Fsp3) is 0.320. The van der Waals surface area contributed by atoms with Crippen LogP contribution in [0.15, 0.2) is 47.4 Å². The van der Waals surface area contributed by atoms with Crippen LogP contribution >= 0.6 is 0 Å². The van der Waals surface area contributed by atoms with Crippen molar-refractivity contribution in [3.8, 4) is 11.8 Å². The smallest absolute Gasteiger partial charge is 0.421 e. The summed E-state index contributed by atoms with van der Waals surface area (Å²) >= 11 is 0. The summed E-state index contributed by atoms with van der Waals surface area (Å²) in [5, 5.41) is 14.5. The molecule has 1 aromatic carbocycles. The van der Waals surface area contributed by atoms with E-state index in [2.05, 4.69) is 10.1 Å². The van der Waals surface area contributed by atoms with E-state index in [1.807, 2.05) is 16.1 Å². The first-order chi connectivity index (χ1) is 18.6. The van der Waals surface area contributed by atoms with Crippen molar-refractivity contribution in [2.75, 3.05) is 42.5 Å². The second-order valence-electron chi connectivity index (χ2n) is 9.02. The molecule has 0 saturated carbocycles. The van der Waals surface area contributed by atoms with Crippen LogP contribution in [0, 0.1) is 17.1 Å². The van der Waals surface area contributed by atoms with Crippen LogP contribution in [0.3, 0.4) is 0 Å². The number of carbonyl (C=O) groups excluding carboxylic acids is 1. The number of fused-ring (bicyclic) bond motifs is 1. The molecule has 2 aliphatic heterocycles. The van der Waals surface area contributed by atoms with Gasteiger partial charge in [-0.1, -0.05) is 0 Å². The molecule has 4 heterocycles. The van der Waals surface area contributed by atoms with E-state index in [1.54, 1.807) is 17.0 Å². The first-order valence-corrected chi connectivity index (χ1v) is 11.9. The Morgan fingerprint density at radius 2 is 1.90 bits per heavy atom. The first kappa shape index (κ1) is 26.0. The van der Waals surface area contributed by atoms with Gasteiger partial charge in [-0.15, -0.1) is 0 Å². The number of aromatic nitrogens is 3. The third-order valence-corrected chi connectivity index (χ3v) is 6.50. The zero-order valence-electron chi connectivity index (χ0n) is 20.3. The van der Waals surface area contributed by atoms with Crippen LogP contribution in [0.2, 0.25) is 0 Å². The summed E-state index contributed by atoms with van der Waals surface area (Å²) in [5.74, 6) is -0.269. The number of benzene rings is 1. The summed E-state index contributed by atoms with van der Waals surface area (Å²) in [5.41, 5.74) is -2.28. The Morgan fingerprint density at radius 3 is 2.56 bits per heavy atom. The van der Waals surface area contributed by atoms with Gasteiger partial charge in [0.1, 0.15) is 35.1 Å². The molecule has 14 heteroatoms. The number of piperazine rings is 1. The molecule has 39 heavy (non-hydrogen) atoms. The monoisotopic (exact) mass is 543 g/mol. The Balaban J connectivity index is 1.30. The zero-order valence-corrected chi connectivity index (χ0v) is 20.3. The Morgan fingerprint density at radius 1 is 1.13 bits per heavy atom. The van der Waals surface area contributed by atoms with Gasteiger partial charge in [0.2, 0.25) is 5.91 Å². The van der Waals surface area contributed by atoms with Gasteiger partial charge in [0.05, 0.1) is 24.2 Å². The minimum Gasteiger partial charge on any atom is -0.486 e. The van der Waals surface area contributed by atoms with Gasteiger partial charge >= 0.3 is 6.18 Å². The Bertz CT molecular complexity index is 1480. The number of nitriles is 1. The molecule has 0 unspecified atom stereocenters. The number of aromatic amines is 1. The molecular formula is C25H21F4N7O3. The van der Waals surface area contributed by atoms with Crippen LogP contribution in [0.5, 0.6) is 5.75 Å². The van der Waals surface area contributed by atoms with Gasteiger partial charge in [-0.3, -0.25) is 9.59 Å². The van der Waals surface area contributed by atoms with Crippen LogP contribution in [-0.2, 0) is 11.0 Å². The maximum Gasteiger partial charge on any atom is 0.421 e. The fourth-order valence-corrected chi connectivity index (χ4v) is 4.54. The number of ether oxygens (including phenoxy) is 1. The highest BCUT2D eigenvalue weighted by atomic mass is 19.4. The number of amides is 1. The molecule has 1 N–H and O–H groups in total. The molecule has 202 valence electrons. The molecule has 1 saturated heterocycles. The fourth-order valence-electron chi connectivity index (χ4n) is 4.54. The molecule has 0 radical (unpaired) electrons. The van der Waals surface area contributed by atoms with Gasteiger partial charge in [0.25, 0.3) is 5.56 Å². The molecule has 1 fully saturated rings. The van der Waals surface area contributed by atoms with Crippen molar-refractivity contribution in [3.05, 3.63) is 69.9 Å². The minimum atomic E-state index is -4.92. The number of nitrogens with one attached hydrogen (secondary N) is 1. The van der Waals surface area contributed by atoms with Crippen molar-refractivity contribution < 1.29 is 27.1 Å². The van der Waals surface area contributed by atoms with Crippen LogP contribution in [0.1, 0.15) is 17.5 Å². The predicted molar refractivity (Wildman–Crippen MR) is 130 cm³/mol. The summed E-state index contributed by atoms with van der Waals surface area (Å²) in [6, 6.07) is 9.58. The van der Waals surface area contributed by atoms with Crippen molar-refractivity contribution in [1.29, 1.82) is 5.26 Å². The first-order valence-electron chi connectivity index (χ1n) is 11.9. The van der Waals surface area contributed by atoms with Crippen molar-refractivity contribution >= 4 is 23.2 Å². The molecule has 5 rings (SSSR count). The van der Waals surface area contributed by atoms with E-state index < -0.39 is 29.2 Å². The molecular weight excluding hydrogens is 522 g/mol. The lowest BCUT2D eigenvalue weighted by molar-refractivity contribution is -0.138. The summed E-state index contributed by atoms with van der Waals surface area (Å²) in [6.07, 6.45) is -4.31. The topological polar surface area (TPSA) is 118 Å². The maximum atomic E-state index is 14.0. The van der Waals surface area contributed by atoms with E-state index in [1.165, 1.54) is 17.2 Å². The molecule has 1 atom stereocenters. The molecule has 10 nitrogen and oxygen atoms in total. The maximum absolute atomic E-state index is 14.0. The highest BCUT2D eigenvalue weighted by Crippen LogP contribution is 2.39. The SMILES string of the molecule is N#Cc1ccc(N2CCN(C(=O)C[C@@H]3CN(c4cc(C(F)(F)F)c(=O)[nH]n4)c4cc(F)ccc4O3)CC2)nc1. The molecule has 0 aliphatic carbocycles. The highest BCUT2D eigenvalue weighted by molar-refractivity contribution is 5.78. The summed E-state index contributed by atoms with van der Waals surface area (Å²) in [4.78, 5) is 34.1. The zero-order chi connectivity index (χ0) is 27.7. The van der Waals surface area contributed by atoms with Gasteiger partial charge < -0.3 is 19.4 Å². The van der Waals surface area contributed by atoms with E-state index >= 15 is 0 Å². The minimum absolute atomic E-state index is 0.0854. The van der Waals surface area contributed by atoms with Gasteiger partial charge in [0, 0.05) is 44.5 Å². The molecule has 0 spiro atoms. The highest BCUT2D eigenvalue weighted by Gasteiger charge is 2.37. The van der Waals surface area contributed by atoms with Crippen LogP contribution < -0.4 is 20.1 Å². The number of halogens is 4. The molecule has 3 aromatic rings. The van der Waals surface area contributed by atoms with E-state index in [4.69, 9.17) is 10.00 Å². The lowest BCUT2D eigenvalue weighted by atomic mass is 10.1. The van der Waals surface area contributed by atoms with Crippen LogP contribution in [0.4, 0.5) is 34.9 Å². The van der Waals surface area contributed by atoms with Crippen molar-refractivity contribution in [2.45, 2.75) is 18.7 Å². The average molecular weight is 543 g/mol. The number of H-pyrrole nitrogens is 1. The van der Waals surface area contributed by atoms with Crippen LogP contribution in [0.25, 0.3) is 0 Å². The number of pyridine rings is 1. The lowest BCUT2D eigenvalue weighted by Crippen LogP contribution is -2.50. The van der Waals surface area contributed by atoms with Crippen LogP contribution in [-0.4, -0.2) is 64.8 Å². The summed E-state index contributed by atoms with van der Waals surface area (Å²) in [7, 11) is 0. The number of alkyl halides is 3. The number of hydrogen-bond donors (Lipinski definition) is 1. The standard InChI is InChI=1S/C25H21F4N7O3/c26-16-2-3-20-19(9-16)36(22-11-18(25(27,28)29)24(38)33-32-22)14-17(39-20)10-23(37)35-7-5-34(6-8-35)21-4-1-15(12-30)13-31-21/h1-4,9,11,13,17H,5-8,10,14H2,(H,33,38)/t17-/m1/s1. The second kappa shape index (κ2) is 10.2. The predicted octanol–water partition coefficient (Wildman–Crippen LogP) is 2.83. The van der Waals surface area contributed by atoms with E-state index in [-0.39, 0.29) is 36.1 Å². The Labute approximate surface area is 219 Å². The van der Waals surface area contributed by atoms with Gasteiger partial charge in [0.15, 0.2) is 5.82 Å². The number of nitrogens with zero attached hydrogens (tertiary/aromatic N) is 6. The number of rotatable bonds is 4. The third kappa shape index (κ3) is 5.47. The van der Waals surface area contributed by atoms with E-state index in [9.17, 15) is 27.2 Å². The van der Waals surface area contributed by atoms with Gasteiger partial charge in [-0.05, 0) is 24.3 Å². The quantitative estimate of drug-likeness (QED) is 0.500. The molecule has 1 amide bonds. The number of anilines is 3. The van der Waals surface area contributed by atoms with Crippen molar-refractivity contribution in [2.24, 2.45) is 0 Å². The number of carbonyl (C=O) groups is 1. The molecule has 0 bridgehead atoms. The number of hydrogen-bond acceptors (Lipinski definition) is 8. The normalized spacial score (nSPS) is 17.3. The summed E-state index contributed by atoms with van der Waals surface area (Å²) in [6.45, 7) is 1.76. The van der Waals surface area contributed by atoms with E-state index in [0.717, 1.165) is 12.1 Å². The van der Waals surface area contributed by atoms with Crippen molar-refractivity contribution in [3.63, 3.8) is 0 Å². The Hall–Kier alpha value is -4.67. The Kier molecular flexibility index (Phi) is 6.81. The lowest BCUT2D eigenvalue weighted by Gasteiger charge is -2.38. The van der Waals surface area contributed by atoms with Gasteiger partial charge in [-0.2, -0.15) is 23.5 Å². The van der Waals surface area contributed by atoms with Crippen molar-refractivity contribution in [1.82, 2.24) is 20.1 Å². The third-order valence-electron chi connectivity index (χ3n) is 6.50. The average Bonchev–Trinajstić information content (AvgIpc) is 2.92. The van der Waals surface area contributed by atoms with E-state index in [0.29, 0.717) is 43.6 Å². The molecule has 2 aliphatic rings. The largest absolute Gasteiger partial charge is 0.486 e. The van der Waals surface area contributed by atoms with Gasteiger partial charge in [-0.25, -0.2) is 14.5 Å². The summed E-state index contributed by atoms with van der Waals surface area (Å²) < 4.78 is 60.0.